The van der Waals surface area contributed by atoms with Crippen LogP contribution < -0.4 is 5.73 Å². The SMILES string of the molecule is [B]C(C)(SC(C)N)C(C)C. The van der Waals surface area contributed by atoms with E-state index in [0.717, 1.165) is 0 Å². The van der Waals surface area contributed by atoms with Crippen molar-refractivity contribution in [1.82, 2.24) is 0 Å². The minimum Gasteiger partial charge on any atom is -0.320 e. The maximum Gasteiger partial charge on any atom is 0.0893 e. The van der Waals surface area contributed by atoms with E-state index in [1.165, 1.54) is 0 Å². The smallest absolute Gasteiger partial charge is 0.0893 e. The molecule has 10 heavy (non-hydrogen) atoms. The monoisotopic (exact) mass is 157 g/mol. The van der Waals surface area contributed by atoms with Crippen molar-refractivity contribution in [3.8, 4) is 0 Å². The fourth-order valence-corrected chi connectivity index (χ4v) is 1.61. The first-order valence-corrected chi connectivity index (χ1v) is 4.46. The van der Waals surface area contributed by atoms with Gasteiger partial charge in [0.2, 0.25) is 0 Å². The molecule has 0 heterocycles. The third-order valence-corrected chi connectivity index (χ3v) is 2.94. The van der Waals surface area contributed by atoms with Crippen LogP contribution in [0.25, 0.3) is 0 Å². The average Bonchev–Trinajstić information content (AvgIpc) is 1.60. The van der Waals surface area contributed by atoms with Crippen LogP contribution in [0.4, 0.5) is 0 Å². The van der Waals surface area contributed by atoms with E-state index in [0.29, 0.717) is 5.92 Å². The molecule has 2 unspecified atom stereocenters. The minimum absolute atomic E-state index is 0.123. The number of rotatable bonds is 3. The lowest BCUT2D eigenvalue weighted by atomic mass is 9.79. The first-order valence-electron chi connectivity index (χ1n) is 3.58. The van der Waals surface area contributed by atoms with Gasteiger partial charge in [0.05, 0.1) is 7.85 Å². The van der Waals surface area contributed by atoms with Gasteiger partial charge in [-0.2, -0.15) is 0 Å². The van der Waals surface area contributed by atoms with Gasteiger partial charge in [-0.15, -0.1) is 11.8 Å². The van der Waals surface area contributed by atoms with Gasteiger partial charge in [0, 0.05) is 5.37 Å². The highest BCUT2D eigenvalue weighted by Gasteiger charge is 2.23. The lowest BCUT2D eigenvalue weighted by molar-refractivity contribution is 0.592. The highest BCUT2D eigenvalue weighted by atomic mass is 32.2. The maximum absolute atomic E-state index is 5.94. The van der Waals surface area contributed by atoms with E-state index in [9.17, 15) is 0 Å². The van der Waals surface area contributed by atoms with Crippen molar-refractivity contribution in [1.29, 1.82) is 0 Å². The Labute approximate surface area is 69.5 Å². The highest BCUT2D eigenvalue weighted by molar-refractivity contribution is 8.02. The molecular formula is C7H16BNS. The summed E-state index contributed by atoms with van der Waals surface area (Å²) in [6, 6.07) is 0. The summed E-state index contributed by atoms with van der Waals surface area (Å²) in [6.45, 7) is 8.19. The van der Waals surface area contributed by atoms with E-state index in [2.05, 4.69) is 13.8 Å². The molecule has 0 amide bonds. The molecule has 2 radical (unpaired) electrons. The van der Waals surface area contributed by atoms with Gasteiger partial charge in [0.1, 0.15) is 0 Å². The van der Waals surface area contributed by atoms with Crippen molar-refractivity contribution in [3.05, 3.63) is 0 Å². The van der Waals surface area contributed by atoms with E-state index >= 15 is 0 Å². The molecule has 0 aliphatic heterocycles. The van der Waals surface area contributed by atoms with Gasteiger partial charge >= 0.3 is 0 Å². The van der Waals surface area contributed by atoms with Crippen molar-refractivity contribution >= 4 is 19.6 Å². The van der Waals surface area contributed by atoms with Gasteiger partial charge in [-0.05, 0) is 17.5 Å². The summed E-state index contributed by atoms with van der Waals surface area (Å²) in [5.41, 5.74) is 5.60. The Balaban J connectivity index is 3.87. The van der Waals surface area contributed by atoms with Gasteiger partial charge in [-0.25, -0.2) is 0 Å². The van der Waals surface area contributed by atoms with E-state index in [4.69, 9.17) is 13.6 Å². The third-order valence-electron chi connectivity index (χ3n) is 1.59. The molecule has 2 N–H and O–H groups in total. The van der Waals surface area contributed by atoms with Crippen LogP contribution in [-0.4, -0.2) is 17.9 Å². The van der Waals surface area contributed by atoms with Crippen LogP contribution in [-0.2, 0) is 0 Å². The molecule has 0 saturated heterocycles. The Morgan fingerprint density at radius 3 is 1.90 bits per heavy atom. The normalized spacial score (nSPS) is 20.6. The predicted molar refractivity (Wildman–Crippen MR) is 50.2 cm³/mol. The Kier molecular flexibility index (Phi) is 3.81. The van der Waals surface area contributed by atoms with Crippen molar-refractivity contribution < 1.29 is 0 Å². The van der Waals surface area contributed by atoms with Crippen molar-refractivity contribution in [2.24, 2.45) is 11.7 Å². The van der Waals surface area contributed by atoms with Gasteiger partial charge in [0.15, 0.2) is 0 Å². The standard InChI is InChI=1S/C7H16BNS/c1-5(2)7(4,8)10-6(3)9/h5-6H,9H2,1-4H3. The molecule has 0 aromatic rings. The lowest BCUT2D eigenvalue weighted by Gasteiger charge is -2.30. The Morgan fingerprint density at radius 2 is 1.80 bits per heavy atom. The topological polar surface area (TPSA) is 26.0 Å². The van der Waals surface area contributed by atoms with Crippen molar-refractivity contribution in [2.45, 2.75) is 37.7 Å². The van der Waals surface area contributed by atoms with Gasteiger partial charge < -0.3 is 5.73 Å². The Hall–Kier alpha value is 0.375. The second kappa shape index (κ2) is 3.68. The van der Waals surface area contributed by atoms with Crippen molar-refractivity contribution in [2.75, 3.05) is 0 Å². The quantitative estimate of drug-likeness (QED) is 0.497. The summed E-state index contributed by atoms with van der Waals surface area (Å²) in [5.74, 6) is 0.462. The van der Waals surface area contributed by atoms with Crippen LogP contribution in [0.5, 0.6) is 0 Å². The zero-order chi connectivity index (χ0) is 8.36. The summed E-state index contributed by atoms with van der Waals surface area (Å²) >= 11 is 1.62. The molecule has 0 rings (SSSR count). The molecule has 0 saturated carbocycles. The second-order valence-electron chi connectivity index (χ2n) is 3.16. The largest absolute Gasteiger partial charge is 0.320 e. The van der Waals surface area contributed by atoms with Gasteiger partial charge in [0.25, 0.3) is 0 Å². The summed E-state index contributed by atoms with van der Waals surface area (Å²) in [4.78, 5) is 0. The highest BCUT2D eigenvalue weighted by Crippen LogP contribution is 2.30. The number of nitrogens with two attached hydrogens (primary N) is 1. The van der Waals surface area contributed by atoms with Crippen LogP contribution in [0.3, 0.4) is 0 Å². The first kappa shape index (κ1) is 10.4. The number of hydrogen-bond acceptors (Lipinski definition) is 2. The van der Waals surface area contributed by atoms with Crippen LogP contribution in [0.2, 0.25) is 0 Å². The maximum atomic E-state index is 5.94. The molecule has 3 heteroatoms. The number of hydrogen-bond donors (Lipinski definition) is 1. The Bertz CT molecular complexity index is 102. The fraction of sp³-hybridized carbons (Fsp3) is 1.00. The first-order chi connectivity index (χ1) is 4.36. The van der Waals surface area contributed by atoms with Crippen LogP contribution in [0.1, 0.15) is 27.7 Å². The molecule has 0 spiro atoms. The van der Waals surface area contributed by atoms with Crippen LogP contribution in [0, 0.1) is 5.92 Å². The van der Waals surface area contributed by atoms with Crippen LogP contribution in [0.15, 0.2) is 0 Å². The molecule has 2 atom stereocenters. The van der Waals surface area contributed by atoms with E-state index in [1.807, 2.05) is 13.8 Å². The summed E-state index contributed by atoms with van der Waals surface area (Å²) < 4.78 is -0.186. The summed E-state index contributed by atoms with van der Waals surface area (Å²) in [6.07, 6.45) is 0. The summed E-state index contributed by atoms with van der Waals surface area (Å²) in [7, 11) is 5.94. The molecule has 58 valence electrons. The van der Waals surface area contributed by atoms with Crippen molar-refractivity contribution in [3.63, 3.8) is 0 Å². The second-order valence-corrected chi connectivity index (χ2v) is 5.02. The van der Waals surface area contributed by atoms with Gasteiger partial charge in [-0.1, -0.05) is 20.8 Å². The summed E-state index contributed by atoms with van der Waals surface area (Å²) in [5, 5.41) is 0.123. The third kappa shape index (κ3) is 3.52. The van der Waals surface area contributed by atoms with E-state index in [-0.39, 0.29) is 10.0 Å². The molecule has 0 aliphatic rings. The molecule has 0 aliphatic carbocycles. The molecule has 1 nitrogen and oxygen atoms in total. The fourth-order valence-electron chi connectivity index (χ4n) is 0.537. The molecular weight excluding hydrogens is 141 g/mol. The molecule has 0 aromatic carbocycles. The van der Waals surface area contributed by atoms with Crippen LogP contribution >= 0.6 is 11.8 Å². The number of thioether (sulfide) groups is 1. The van der Waals surface area contributed by atoms with E-state index < -0.39 is 0 Å². The zero-order valence-electron chi connectivity index (χ0n) is 7.22. The minimum atomic E-state index is -0.186. The lowest BCUT2D eigenvalue weighted by Crippen LogP contribution is -2.32. The Morgan fingerprint density at radius 1 is 1.40 bits per heavy atom. The van der Waals surface area contributed by atoms with Gasteiger partial charge in [-0.3, -0.25) is 0 Å². The zero-order valence-corrected chi connectivity index (χ0v) is 8.03. The molecule has 0 aromatic heterocycles. The average molecular weight is 157 g/mol. The van der Waals surface area contributed by atoms with E-state index in [1.54, 1.807) is 11.8 Å². The molecule has 0 fully saturated rings. The predicted octanol–water partition coefficient (Wildman–Crippen LogP) is 1.56. The molecule has 0 bridgehead atoms.